The number of ether oxygens (including phenoxy) is 1. The van der Waals surface area contributed by atoms with Gasteiger partial charge in [-0.3, -0.25) is 9.78 Å². The highest BCUT2D eigenvalue weighted by Crippen LogP contribution is 2.38. The van der Waals surface area contributed by atoms with E-state index < -0.39 is 0 Å². The molecular weight excluding hydrogens is 311 g/mol. The molecule has 1 aromatic carbocycles. The van der Waals surface area contributed by atoms with E-state index in [9.17, 15) is 4.79 Å². The van der Waals surface area contributed by atoms with Crippen LogP contribution >= 0.6 is 23.2 Å². The molecule has 0 bridgehead atoms. The van der Waals surface area contributed by atoms with E-state index in [-0.39, 0.29) is 12.3 Å². The highest BCUT2D eigenvalue weighted by atomic mass is 35.5. The van der Waals surface area contributed by atoms with Crippen LogP contribution in [0.4, 0.5) is 5.69 Å². The molecule has 2 heterocycles. The predicted molar refractivity (Wildman–Crippen MR) is 82.3 cm³/mol. The molecule has 0 spiro atoms. The minimum Gasteiger partial charge on any atom is -0.489 e. The summed E-state index contributed by atoms with van der Waals surface area (Å²) in [4.78, 5) is 18.2. The number of amides is 1. The van der Waals surface area contributed by atoms with Gasteiger partial charge >= 0.3 is 0 Å². The first kappa shape index (κ1) is 14.2. The highest BCUT2D eigenvalue weighted by Gasteiger charge is 2.25. The van der Waals surface area contributed by atoms with E-state index in [4.69, 9.17) is 27.9 Å². The molecule has 1 aromatic heterocycles. The lowest BCUT2D eigenvalue weighted by molar-refractivity contribution is -0.118. The molecule has 3 rings (SSSR count). The van der Waals surface area contributed by atoms with Gasteiger partial charge in [0.05, 0.1) is 28.7 Å². The summed E-state index contributed by atoms with van der Waals surface area (Å²) in [7, 11) is 0. The van der Waals surface area contributed by atoms with Crippen molar-refractivity contribution >= 4 is 34.8 Å². The maximum Gasteiger partial charge on any atom is 0.231 e. The summed E-state index contributed by atoms with van der Waals surface area (Å²) in [5.74, 6) is 0.557. The van der Waals surface area contributed by atoms with Crippen molar-refractivity contribution in [3.05, 3.63) is 52.3 Å². The highest BCUT2D eigenvalue weighted by molar-refractivity contribution is 6.42. The van der Waals surface area contributed by atoms with Crippen LogP contribution in [0.25, 0.3) is 0 Å². The lowest BCUT2D eigenvalue weighted by Gasteiger charge is -2.30. The average molecular weight is 323 g/mol. The molecule has 0 saturated heterocycles. The molecule has 0 unspecified atom stereocenters. The molecule has 0 radical (unpaired) electrons. The van der Waals surface area contributed by atoms with Gasteiger partial charge in [-0.15, -0.1) is 0 Å². The van der Waals surface area contributed by atoms with E-state index in [0.717, 1.165) is 5.56 Å². The monoisotopic (exact) mass is 322 g/mol. The number of hydrogen-bond acceptors (Lipinski definition) is 3. The number of halogens is 2. The summed E-state index contributed by atoms with van der Waals surface area (Å²) in [6.07, 6.45) is 3.65. The number of anilines is 1. The molecular formula is C15H12Cl2N2O2. The van der Waals surface area contributed by atoms with Gasteiger partial charge in [0.2, 0.25) is 5.91 Å². The van der Waals surface area contributed by atoms with Crippen LogP contribution in [-0.2, 0) is 11.2 Å². The number of carbonyl (C=O) groups excluding carboxylic acids is 1. The third-order valence-corrected chi connectivity index (χ3v) is 3.97. The molecule has 21 heavy (non-hydrogen) atoms. The van der Waals surface area contributed by atoms with Gasteiger partial charge in [0.1, 0.15) is 12.4 Å². The quantitative estimate of drug-likeness (QED) is 0.851. The number of pyridine rings is 1. The summed E-state index contributed by atoms with van der Waals surface area (Å²) in [6, 6.07) is 7.00. The second-order valence-corrected chi connectivity index (χ2v) is 5.48. The Hall–Kier alpha value is -1.78. The first-order chi connectivity index (χ1) is 10.1. The molecule has 4 nitrogen and oxygen atoms in total. The van der Waals surface area contributed by atoms with E-state index in [1.54, 1.807) is 29.4 Å². The number of nitrogens with zero attached hydrogens (tertiary/aromatic N) is 2. The van der Waals surface area contributed by atoms with Gasteiger partial charge in [-0.05, 0) is 17.7 Å². The van der Waals surface area contributed by atoms with Crippen LogP contribution in [0, 0.1) is 0 Å². The average Bonchev–Trinajstić information content (AvgIpc) is 2.49. The number of benzene rings is 1. The van der Waals surface area contributed by atoms with E-state index in [0.29, 0.717) is 34.6 Å². The Balaban J connectivity index is 1.88. The van der Waals surface area contributed by atoms with Gasteiger partial charge < -0.3 is 9.64 Å². The SMILES string of the molecule is O=C(Cc1cccnc1)N1CCOc2cc(Cl)c(Cl)cc21. The normalized spacial score (nSPS) is 13.5. The fourth-order valence-electron chi connectivity index (χ4n) is 2.24. The van der Waals surface area contributed by atoms with Crippen LogP contribution in [0.5, 0.6) is 5.75 Å². The van der Waals surface area contributed by atoms with Crippen molar-refractivity contribution in [3.63, 3.8) is 0 Å². The minimum absolute atomic E-state index is 0.0223. The largest absolute Gasteiger partial charge is 0.489 e. The molecule has 0 fully saturated rings. The van der Waals surface area contributed by atoms with E-state index in [2.05, 4.69) is 4.98 Å². The van der Waals surface area contributed by atoms with E-state index >= 15 is 0 Å². The van der Waals surface area contributed by atoms with Crippen LogP contribution < -0.4 is 9.64 Å². The molecule has 0 aliphatic carbocycles. The zero-order valence-electron chi connectivity index (χ0n) is 11.1. The van der Waals surface area contributed by atoms with Crippen molar-refractivity contribution in [1.82, 2.24) is 4.98 Å². The van der Waals surface area contributed by atoms with Crippen molar-refractivity contribution in [3.8, 4) is 5.75 Å². The maximum atomic E-state index is 12.5. The number of aromatic nitrogens is 1. The second-order valence-electron chi connectivity index (χ2n) is 4.67. The molecule has 108 valence electrons. The van der Waals surface area contributed by atoms with Crippen molar-refractivity contribution < 1.29 is 9.53 Å². The van der Waals surface area contributed by atoms with Crippen molar-refractivity contribution in [2.24, 2.45) is 0 Å². The van der Waals surface area contributed by atoms with Crippen LogP contribution in [0.1, 0.15) is 5.56 Å². The maximum absolute atomic E-state index is 12.5. The predicted octanol–water partition coefficient (Wildman–Crippen LogP) is 3.36. The van der Waals surface area contributed by atoms with Crippen LogP contribution in [-0.4, -0.2) is 24.0 Å². The van der Waals surface area contributed by atoms with Crippen molar-refractivity contribution in [2.45, 2.75) is 6.42 Å². The number of rotatable bonds is 2. The Labute approximate surface area is 132 Å². The Bertz CT molecular complexity index is 677. The molecule has 0 N–H and O–H groups in total. The molecule has 2 aromatic rings. The molecule has 0 atom stereocenters. The first-order valence-electron chi connectivity index (χ1n) is 6.46. The fraction of sp³-hybridized carbons (Fsp3) is 0.200. The van der Waals surface area contributed by atoms with Crippen molar-refractivity contribution in [1.29, 1.82) is 0 Å². The summed E-state index contributed by atoms with van der Waals surface area (Å²) in [5, 5.41) is 0.817. The number of hydrogen-bond donors (Lipinski definition) is 0. The standard InChI is InChI=1S/C15H12Cl2N2O2/c16-11-7-13-14(8-12(11)17)21-5-4-19(13)15(20)6-10-2-1-3-18-9-10/h1-3,7-9H,4-6H2. The summed E-state index contributed by atoms with van der Waals surface area (Å²) in [6.45, 7) is 0.924. The topological polar surface area (TPSA) is 42.4 Å². The summed E-state index contributed by atoms with van der Waals surface area (Å²) in [5.41, 5.74) is 1.53. The van der Waals surface area contributed by atoms with E-state index in [1.165, 1.54) is 0 Å². The Kier molecular flexibility index (Phi) is 3.99. The third kappa shape index (κ3) is 2.96. The van der Waals surface area contributed by atoms with Gasteiger partial charge in [-0.25, -0.2) is 0 Å². The zero-order chi connectivity index (χ0) is 14.8. The van der Waals surface area contributed by atoms with Gasteiger partial charge in [-0.1, -0.05) is 29.3 Å². The third-order valence-electron chi connectivity index (χ3n) is 3.24. The van der Waals surface area contributed by atoms with Gasteiger partial charge in [-0.2, -0.15) is 0 Å². The molecule has 6 heteroatoms. The zero-order valence-corrected chi connectivity index (χ0v) is 12.6. The Morgan fingerprint density at radius 1 is 1.33 bits per heavy atom. The minimum atomic E-state index is -0.0223. The summed E-state index contributed by atoms with van der Waals surface area (Å²) < 4.78 is 5.54. The van der Waals surface area contributed by atoms with E-state index in [1.807, 2.05) is 12.1 Å². The Morgan fingerprint density at radius 2 is 2.14 bits per heavy atom. The second kappa shape index (κ2) is 5.92. The lowest BCUT2D eigenvalue weighted by atomic mass is 10.1. The molecule has 1 amide bonds. The molecule has 1 aliphatic rings. The Morgan fingerprint density at radius 3 is 2.90 bits per heavy atom. The fourth-order valence-corrected chi connectivity index (χ4v) is 2.56. The van der Waals surface area contributed by atoms with Gasteiger partial charge in [0.25, 0.3) is 0 Å². The molecule has 0 saturated carbocycles. The number of carbonyl (C=O) groups is 1. The van der Waals surface area contributed by atoms with Crippen molar-refractivity contribution in [2.75, 3.05) is 18.1 Å². The summed E-state index contributed by atoms with van der Waals surface area (Å²) >= 11 is 12.0. The van der Waals surface area contributed by atoms with Gasteiger partial charge in [0.15, 0.2) is 0 Å². The number of fused-ring (bicyclic) bond motifs is 1. The molecule has 1 aliphatic heterocycles. The van der Waals surface area contributed by atoms with Crippen LogP contribution in [0.3, 0.4) is 0 Å². The van der Waals surface area contributed by atoms with Gasteiger partial charge in [0, 0.05) is 18.5 Å². The van der Waals surface area contributed by atoms with Crippen LogP contribution in [0.15, 0.2) is 36.7 Å². The first-order valence-corrected chi connectivity index (χ1v) is 7.22. The smallest absolute Gasteiger partial charge is 0.231 e. The lowest BCUT2D eigenvalue weighted by Crippen LogP contribution is -2.38. The van der Waals surface area contributed by atoms with Crippen LogP contribution in [0.2, 0.25) is 10.0 Å².